The predicted molar refractivity (Wildman–Crippen MR) is 245 cm³/mol. The molecule has 0 amide bonds. The molecule has 4 N–H and O–H groups in total. The molecule has 320 valence electrons. The Bertz CT molecular complexity index is 2950. The summed E-state index contributed by atoms with van der Waals surface area (Å²) in [6.07, 6.45) is 4.39. The Hall–Kier alpha value is -5.36. The van der Waals surface area contributed by atoms with Gasteiger partial charge in [-0.15, -0.1) is 0 Å². The van der Waals surface area contributed by atoms with Gasteiger partial charge < -0.3 is 38.8 Å². The van der Waals surface area contributed by atoms with Crippen LogP contribution in [0.25, 0.3) is 22.3 Å². The van der Waals surface area contributed by atoms with E-state index in [2.05, 4.69) is 19.9 Å². The largest absolute Gasteiger partial charge is 0.497 e. The van der Waals surface area contributed by atoms with E-state index in [9.17, 15) is 0 Å². The molecule has 0 radical (unpaired) electrons. The molecule has 4 aromatic carbocycles. The fourth-order valence-corrected chi connectivity index (χ4v) is 9.22. The summed E-state index contributed by atoms with van der Waals surface area (Å²) >= 11 is 27.5. The number of aromatic nitrogens is 8. The Morgan fingerprint density at radius 1 is 0.677 bits per heavy atom. The van der Waals surface area contributed by atoms with E-state index in [0.717, 1.165) is 32.4 Å². The number of nitrogen functional groups attached to an aromatic ring is 1. The first-order valence-electron chi connectivity index (χ1n) is 18.6. The molecule has 4 aromatic heterocycles. The van der Waals surface area contributed by atoms with Crippen LogP contribution in [-0.2, 0) is 25.9 Å². The average Bonchev–Trinajstić information content (AvgIpc) is 3.86. The maximum absolute atomic E-state index is 8.16. The summed E-state index contributed by atoms with van der Waals surface area (Å²) in [5.41, 5.74) is 10.6. The van der Waals surface area contributed by atoms with Gasteiger partial charge in [-0.1, -0.05) is 58.5 Å². The highest BCUT2D eigenvalue weighted by Crippen LogP contribution is 2.39. The number of hydrogen-bond acceptors (Lipinski definition) is 13. The number of anilines is 1. The molecule has 20 heteroatoms. The Labute approximate surface area is 384 Å². The second-order valence-corrected chi connectivity index (χ2v) is 16.9. The van der Waals surface area contributed by atoms with Gasteiger partial charge in [0.25, 0.3) is 0 Å². The molecule has 0 fully saturated rings. The Kier molecular flexibility index (Phi) is 14.6. The normalized spacial score (nSPS) is 11.1. The molecule has 4 heterocycles. The zero-order chi connectivity index (χ0) is 43.9. The SMILES string of the molecule is COc1ccc(OC)c(Sc2nc3c(N)ncnc3n2CCc2ccc(Cl)cc2Cl)c1.COc1ccc(OC)c(Sc2nc3c([nH]2)c(=N)ncn3CCc2ccc(Cl)cc2Cl)c1. The first-order valence-corrected chi connectivity index (χ1v) is 21.8. The number of halogens is 4. The van der Waals surface area contributed by atoms with Crippen molar-refractivity contribution in [1.82, 2.24) is 39.0 Å². The molecular formula is C42H38Cl4N10O4S2. The highest BCUT2D eigenvalue weighted by atomic mass is 35.5. The summed E-state index contributed by atoms with van der Waals surface area (Å²) in [4.78, 5) is 27.0. The molecule has 0 saturated heterocycles. The van der Waals surface area contributed by atoms with Crippen molar-refractivity contribution in [3.8, 4) is 23.0 Å². The minimum Gasteiger partial charge on any atom is -0.497 e. The Morgan fingerprint density at radius 3 is 1.85 bits per heavy atom. The number of benzene rings is 4. The molecule has 0 bridgehead atoms. The van der Waals surface area contributed by atoms with Crippen molar-refractivity contribution in [3.05, 3.63) is 122 Å². The Morgan fingerprint density at radius 2 is 1.27 bits per heavy atom. The molecule has 0 spiro atoms. The lowest BCUT2D eigenvalue weighted by atomic mass is 10.1. The molecular weight excluding hydrogens is 914 g/mol. The third-order valence-corrected chi connectivity index (χ3v) is 12.6. The lowest BCUT2D eigenvalue weighted by Gasteiger charge is -2.12. The van der Waals surface area contributed by atoms with Crippen LogP contribution in [0.4, 0.5) is 5.82 Å². The number of imidazole rings is 2. The number of fused-ring (bicyclic) bond motifs is 2. The van der Waals surface area contributed by atoms with Gasteiger partial charge in [-0.3, -0.25) is 5.41 Å². The van der Waals surface area contributed by atoms with Gasteiger partial charge in [-0.05, 0) is 108 Å². The van der Waals surface area contributed by atoms with Crippen molar-refractivity contribution >= 4 is 98.1 Å². The van der Waals surface area contributed by atoms with E-state index >= 15 is 0 Å². The number of rotatable bonds is 14. The average molecular weight is 953 g/mol. The number of nitrogens with one attached hydrogen (secondary N) is 2. The lowest BCUT2D eigenvalue weighted by molar-refractivity contribution is 0.394. The van der Waals surface area contributed by atoms with Gasteiger partial charge in [-0.2, -0.15) is 0 Å². The predicted octanol–water partition coefficient (Wildman–Crippen LogP) is 10.1. The van der Waals surface area contributed by atoms with Crippen LogP contribution in [-0.4, -0.2) is 67.5 Å². The fourth-order valence-electron chi connectivity index (χ4n) is 6.24. The summed E-state index contributed by atoms with van der Waals surface area (Å²) < 4.78 is 25.6. The smallest absolute Gasteiger partial charge is 0.175 e. The van der Waals surface area contributed by atoms with Crippen LogP contribution >= 0.6 is 69.9 Å². The van der Waals surface area contributed by atoms with Crippen molar-refractivity contribution in [2.24, 2.45) is 0 Å². The van der Waals surface area contributed by atoms with Crippen LogP contribution in [0, 0.1) is 5.41 Å². The first kappa shape index (κ1) is 44.7. The monoisotopic (exact) mass is 950 g/mol. The van der Waals surface area contributed by atoms with Gasteiger partial charge in [0.1, 0.15) is 34.8 Å². The molecule has 14 nitrogen and oxygen atoms in total. The minimum absolute atomic E-state index is 0.132. The zero-order valence-electron chi connectivity index (χ0n) is 33.6. The van der Waals surface area contributed by atoms with Crippen molar-refractivity contribution in [1.29, 1.82) is 5.41 Å². The maximum atomic E-state index is 8.16. The molecule has 0 unspecified atom stereocenters. The highest BCUT2D eigenvalue weighted by molar-refractivity contribution is 7.99. The van der Waals surface area contributed by atoms with Crippen LogP contribution in [0.3, 0.4) is 0 Å². The number of methoxy groups -OCH3 is 4. The van der Waals surface area contributed by atoms with Crippen molar-refractivity contribution < 1.29 is 18.9 Å². The molecule has 0 aliphatic heterocycles. The van der Waals surface area contributed by atoms with Gasteiger partial charge >= 0.3 is 0 Å². The molecule has 8 rings (SSSR count). The van der Waals surface area contributed by atoms with Crippen molar-refractivity contribution in [2.45, 2.75) is 46.0 Å². The summed E-state index contributed by atoms with van der Waals surface area (Å²) in [7, 11) is 6.48. The first-order chi connectivity index (χ1) is 30.0. The van der Waals surface area contributed by atoms with Crippen LogP contribution in [0.2, 0.25) is 20.1 Å². The van der Waals surface area contributed by atoms with Crippen molar-refractivity contribution in [2.75, 3.05) is 34.2 Å². The van der Waals surface area contributed by atoms with Gasteiger partial charge in [0.2, 0.25) is 0 Å². The van der Waals surface area contributed by atoms with E-state index in [1.165, 1.54) is 29.9 Å². The lowest BCUT2D eigenvalue weighted by Crippen LogP contribution is -2.13. The van der Waals surface area contributed by atoms with E-state index in [1.807, 2.05) is 69.8 Å². The third-order valence-electron chi connectivity index (χ3n) is 9.43. The summed E-state index contributed by atoms with van der Waals surface area (Å²) in [6, 6.07) is 22.1. The molecule has 0 atom stereocenters. The Balaban J connectivity index is 0.000000186. The minimum atomic E-state index is 0.132. The second kappa shape index (κ2) is 20.2. The van der Waals surface area contributed by atoms with Gasteiger partial charge in [-0.25, -0.2) is 24.9 Å². The number of ether oxygens (including phenoxy) is 4. The molecule has 0 aliphatic carbocycles. The summed E-state index contributed by atoms with van der Waals surface area (Å²) in [5.74, 6) is 3.19. The number of aromatic amines is 1. The fraction of sp³-hybridized carbons (Fsp3) is 0.190. The standard InChI is InChI=1S/2C21H19Cl2N5O2S/c1-29-14-5-6-16(30-2)17(10-14)31-21-26-18-19(24)25-11-28(20(18)27-21)8-7-12-3-4-13(22)9-15(12)23;1-29-14-5-6-16(30-2)17(10-14)31-21-27-18-19(24)25-11-26-20(18)28(21)8-7-12-3-4-13(22)9-15(12)23/h3-6,9-11,24H,7-8H2,1-2H3,(H,26,27);3-6,9-11H,7-8H2,1-2H3,(H2,24,25,26). The van der Waals surface area contributed by atoms with Crippen molar-refractivity contribution in [3.63, 3.8) is 0 Å². The number of H-pyrrole nitrogens is 1. The van der Waals surface area contributed by atoms with E-state index in [4.69, 9.17) is 86.5 Å². The number of aryl methyl sites for hydroxylation is 4. The van der Waals surface area contributed by atoms with E-state index in [1.54, 1.807) is 46.9 Å². The van der Waals surface area contributed by atoms with E-state index < -0.39 is 0 Å². The zero-order valence-corrected chi connectivity index (χ0v) is 38.2. The molecule has 8 aromatic rings. The topological polar surface area (TPSA) is 177 Å². The number of nitrogens with two attached hydrogens (primary N) is 1. The van der Waals surface area contributed by atoms with Gasteiger partial charge in [0.05, 0.1) is 44.6 Å². The molecule has 62 heavy (non-hydrogen) atoms. The number of nitrogens with zero attached hydrogens (tertiary/aromatic N) is 7. The molecule has 0 saturated carbocycles. The number of hydrogen-bond donors (Lipinski definition) is 3. The van der Waals surface area contributed by atoms with Crippen LogP contribution in [0.15, 0.2) is 106 Å². The van der Waals surface area contributed by atoms with Gasteiger partial charge in [0.15, 0.2) is 38.4 Å². The maximum Gasteiger partial charge on any atom is 0.175 e. The quantitative estimate of drug-likeness (QED) is 0.0942. The third kappa shape index (κ3) is 10.3. The highest BCUT2D eigenvalue weighted by Gasteiger charge is 2.19. The summed E-state index contributed by atoms with van der Waals surface area (Å²) in [5, 5.41) is 11.9. The summed E-state index contributed by atoms with van der Waals surface area (Å²) in [6.45, 7) is 1.19. The van der Waals surface area contributed by atoms with Gasteiger partial charge in [0, 0.05) is 33.2 Å². The van der Waals surface area contributed by atoms with Crippen LogP contribution in [0.1, 0.15) is 11.1 Å². The van der Waals surface area contributed by atoms with E-state index in [0.29, 0.717) is 96.0 Å². The molecule has 0 aliphatic rings. The van der Waals surface area contributed by atoms with E-state index in [-0.39, 0.29) is 5.49 Å². The van der Waals surface area contributed by atoms with Crippen LogP contribution < -0.4 is 30.2 Å². The second-order valence-electron chi connectivity index (χ2n) is 13.2. The van der Waals surface area contributed by atoms with Crippen LogP contribution in [0.5, 0.6) is 23.0 Å².